The summed E-state index contributed by atoms with van der Waals surface area (Å²) in [5.41, 5.74) is 2.22. The van der Waals surface area contributed by atoms with Crippen molar-refractivity contribution in [2.45, 2.75) is 12.6 Å². The molecule has 4 rings (SSSR count). The summed E-state index contributed by atoms with van der Waals surface area (Å²) in [5, 5.41) is 10.6. The standard InChI is InChI=1S/C18H17ClN4O3.Li.H/c1-26-11-6-22(7-11)17-16-13(12-4-2-3-5-14(12)19)8-23(9-15(24)25)18(16)21-10-20-17;;/h2-5,8,10-11H,6-7,9H2,1H3,(H,24,25);;/q;+1;-1. The van der Waals surface area contributed by atoms with Crippen LogP contribution in [0.3, 0.4) is 0 Å². The summed E-state index contributed by atoms with van der Waals surface area (Å²) in [5.74, 6) is -0.168. The topological polar surface area (TPSA) is 80.5 Å². The normalized spacial score (nSPS) is 14.1. The second kappa shape index (κ2) is 7.91. The van der Waals surface area contributed by atoms with Crippen molar-refractivity contribution in [3.63, 3.8) is 0 Å². The van der Waals surface area contributed by atoms with Crippen LogP contribution in [0.2, 0.25) is 5.02 Å². The van der Waals surface area contributed by atoms with Gasteiger partial charge in [0.1, 0.15) is 24.3 Å². The van der Waals surface area contributed by atoms with E-state index in [4.69, 9.17) is 16.3 Å². The van der Waals surface area contributed by atoms with E-state index >= 15 is 0 Å². The molecule has 27 heavy (non-hydrogen) atoms. The fraction of sp³-hybridized carbons (Fsp3) is 0.278. The van der Waals surface area contributed by atoms with Crippen LogP contribution in [-0.4, -0.2) is 51.9 Å². The van der Waals surface area contributed by atoms with Gasteiger partial charge in [-0.2, -0.15) is 0 Å². The van der Waals surface area contributed by atoms with Crippen LogP contribution in [0.5, 0.6) is 0 Å². The first-order chi connectivity index (χ1) is 12.6. The number of carbonyl (C=O) groups is 1. The maximum absolute atomic E-state index is 11.3. The Morgan fingerprint density at radius 1 is 1.33 bits per heavy atom. The number of methoxy groups -OCH3 is 1. The predicted molar refractivity (Wildman–Crippen MR) is 99.7 cm³/mol. The first-order valence-electron chi connectivity index (χ1n) is 8.16. The molecule has 0 amide bonds. The van der Waals surface area contributed by atoms with Gasteiger partial charge in [-0.3, -0.25) is 4.79 Å². The van der Waals surface area contributed by atoms with Gasteiger partial charge in [-0.1, -0.05) is 29.8 Å². The molecule has 1 fully saturated rings. The molecule has 0 spiro atoms. The molecule has 0 radical (unpaired) electrons. The average molecular weight is 381 g/mol. The van der Waals surface area contributed by atoms with E-state index in [0.717, 1.165) is 35.4 Å². The molecule has 0 bridgehead atoms. The van der Waals surface area contributed by atoms with E-state index in [1.807, 2.05) is 24.3 Å². The van der Waals surface area contributed by atoms with Crippen molar-refractivity contribution >= 4 is 34.4 Å². The molecule has 1 N–H and O–H groups in total. The number of carboxylic acids is 1. The number of hydrogen-bond acceptors (Lipinski definition) is 5. The third-order valence-corrected chi connectivity index (χ3v) is 4.91. The fourth-order valence-electron chi connectivity index (χ4n) is 3.26. The van der Waals surface area contributed by atoms with Crippen LogP contribution in [0.1, 0.15) is 1.43 Å². The fourth-order valence-corrected chi connectivity index (χ4v) is 3.50. The molecular formula is C18H18ClLiN4O3. The van der Waals surface area contributed by atoms with Gasteiger partial charge < -0.3 is 20.7 Å². The van der Waals surface area contributed by atoms with Gasteiger partial charge in [0.2, 0.25) is 0 Å². The summed E-state index contributed by atoms with van der Waals surface area (Å²) >= 11 is 6.40. The number of benzene rings is 1. The number of halogens is 1. The number of ether oxygens (including phenoxy) is 1. The Labute approximate surface area is 174 Å². The van der Waals surface area contributed by atoms with Crippen LogP contribution >= 0.6 is 11.6 Å². The van der Waals surface area contributed by atoms with Crippen molar-refractivity contribution in [1.82, 2.24) is 14.5 Å². The number of aliphatic carboxylic acids is 1. The number of anilines is 1. The van der Waals surface area contributed by atoms with Gasteiger partial charge in [-0.25, -0.2) is 9.97 Å². The van der Waals surface area contributed by atoms with Gasteiger partial charge in [-0.05, 0) is 6.07 Å². The van der Waals surface area contributed by atoms with Crippen molar-refractivity contribution in [3.05, 3.63) is 41.8 Å². The first kappa shape index (κ1) is 19.7. The quantitative estimate of drug-likeness (QED) is 0.617. The zero-order valence-electron chi connectivity index (χ0n) is 16.1. The Morgan fingerprint density at radius 3 is 2.74 bits per heavy atom. The summed E-state index contributed by atoms with van der Waals surface area (Å²) in [4.78, 5) is 22.2. The van der Waals surface area contributed by atoms with Crippen LogP contribution in [0.4, 0.5) is 5.82 Å². The molecule has 1 aromatic carbocycles. The molecule has 1 aliphatic heterocycles. The third kappa shape index (κ3) is 3.56. The minimum Gasteiger partial charge on any atom is -1.00 e. The molecule has 3 heterocycles. The van der Waals surface area contributed by atoms with Gasteiger partial charge in [0.05, 0.1) is 11.5 Å². The molecule has 3 aromatic rings. The summed E-state index contributed by atoms with van der Waals surface area (Å²) < 4.78 is 6.97. The first-order valence-corrected chi connectivity index (χ1v) is 8.54. The minimum absolute atomic E-state index is 0. The second-order valence-corrected chi connectivity index (χ2v) is 6.61. The van der Waals surface area contributed by atoms with E-state index in [-0.39, 0.29) is 32.9 Å². The van der Waals surface area contributed by atoms with Crippen LogP contribution in [0.25, 0.3) is 22.2 Å². The van der Waals surface area contributed by atoms with Gasteiger partial charge >= 0.3 is 24.8 Å². The van der Waals surface area contributed by atoms with Crippen molar-refractivity contribution in [3.8, 4) is 11.1 Å². The summed E-state index contributed by atoms with van der Waals surface area (Å²) in [6.45, 7) is 1.28. The Kier molecular flexibility index (Phi) is 5.77. The maximum Gasteiger partial charge on any atom is 1.00 e. The Balaban J connectivity index is 0.00000140. The second-order valence-electron chi connectivity index (χ2n) is 6.20. The van der Waals surface area contributed by atoms with Crippen LogP contribution < -0.4 is 23.8 Å². The van der Waals surface area contributed by atoms with Gasteiger partial charge in [-0.15, -0.1) is 0 Å². The SMILES string of the molecule is COC1CN(c2ncnc3c2c(-c2ccccc2Cl)cn3CC(=O)O)C1.[H-].[Li+]. The number of carboxylic acid groups (broad SMARTS) is 1. The number of nitrogens with zero attached hydrogens (tertiary/aromatic N) is 4. The monoisotopic (exact) mass is 380 g/mol. The molecule has 0 aliphatic carbocycles. The van der Waals surface area contributed by atoms with Gasteiger partial charge in [0.25, 0.3) is 0 Å². The molecular weight excluding hydrogens is 363 g/mol. The molecule has 7 nitrogen and oxygen atoms in total. The molecule has 136 valence electrons. The maximum atomic E-state index is 11.3. The zero-order valence-corrected chi connectivity index (χ0v) is 15.8. The summed E-state index contributed by atoms with van der Waals surface area (Å²) in [6, 6.07) is 7.48. The number of rotatable bonds is 5. The van der Waals surface area contributed by atoms with E-state index in [2.05, 4.69) is 14.9 Å². The van der Waals surface area contributed by atoms with E-state index in [1.165, 1.54) is 6.33 Å². The smallest absolute Gasteiger partial charge is 1.00 e. The van der Waals surface area contributed by atoms with Gasteiger partial charge in [0.15, 0.2) is 0 Å². The van der Waals surface area contributed by atoms with E-state index in [9.17, 15) is 9.90 Å². The molecule has 9 heteroatoms. The minimum atomic E-state index is -0.934. The van der Waals surface area contributed by atoms with E-state index in [0.29, 0.717) is 10.7 Å². The average Bonchev–Trinajstić information content (AvgIpc) is 2.93. The number of aromatic nitrogens is 3. The molecule has 1 saturated heterocycles. The van der Waals surface area contributed by atoms with Crippen molar-refractivity contribution < 1.29 is 34.9 Å². The molecule has 0 saturated carbocycles. The van der Waals surface area contributed by atoms with E-state index < -0.39 is 5.97 Å². The molecule has 0 unspecified atom stereocenters. The van der Waals surface area contributed by atoms with Crippen LogP contribution in [-0.2, 0) is 16.1 Å². The van der Waals surface area contributed by atoms with Gasteiger partial charge in [0, 0.05) is 42.5 Å². The van der Waals surface area contributed by atoms with E-state index in [1.54, 1.807) is 17.9 Å². The van der Waals surface area contributed by atoms with Crippen molar-refractivity contribution in [2.24, 2.45) is 0 Å². The third-order valence-electron chi connectivity index (χ3n) is 4.58. The number of fused-ring (bicyclic) bond motifs is 1. The molecule has 1 aliphatic rings. The van der Waals surface area contributed by atoms with Crippen molar-refractivity contribution in [1.29, 1.82) is 0 Å². The largest absolute Gasteiger partial charge is 1.00 e. The van der Waals surface area contributed by atoms with Crippen LogP contribution in [0.15, 0.2) is 36.8 Å². The zero-order chi connectivity index (χ0) is 18.3. The number of hydrogen-bond donors (Lipinski definition) is 1. The van der Waals surface area contributed by atoms with Crippen molar-refractivity contribution in [2.75, 3.05) is 25.1 Å². The molecule has 0 atom stereocenters. The summed E-state index contributed by atoms with van der Waals surface area (Å²) in [7, 11) is 1.69. The predicted octanol–water partition coefficient (Wildman–Crippen LogP) is -0.212. The summed E-state index contributed by atoms with van der Waals surface area (Å²) in [6.07, 6.45) is 3.42. The Hall–Kier alpha value is -2.04. The Morgan fingerprint density at radius 2 is 2.07 bits per heavy atom. The van der Waals surface area contributed by atoms with Crippen LogP contribution in [0, 0.1) is 0 Å². The molecule has 2 aromatic heterocycles. The Bertz CT molecular complexity index is 994.